The van der Waals surface area contributed by atoms with Gasteiger partial charge in [0.2, 0.25) is 0 Å². The number of benzene rings is 2. The van der Waals surface area contributed by atoms with E-state index in [0.717, 1.165) is 37.0 Å². The van der Waals surface area contributed by atoms with Gasteiger partial charge in [-0.15, -0.1) is 0 Å². The van der Waals surface area contributed by atoms with E-state index >= 15 is 0 Å². The average molecular weight is 389 g/mol. The molecule has 1 aliphatic carbocycles. The van der Waals surface area contributed by atoms with Crippen molar-refractivity contribution < 1.29 is 14.3 Å². The van der Waals surface area contributed by atoms with E-state index in [1.54, 1.807) is 17.1 Å². The summed E-state index contributed by atoms with van der Waals surface area (Å²) in [4.78, 5) is 12.6. The SMILES string of the molecule is O=C(Nc1ccc2c(c1)OC1(CCCCC1)O2)c1cnn(Cc2ccccc2)c1. The van der Waals surface area contributed by atoms with Gasteiger partial charge in [-0.1, -0.05) is 36.8 Å². The molecule has 1 N–H and O–H groups in total. The molecule has 0 bridgehead atoms. The molecule has 1 aliphatic heterocycles. The van der Waals surface area contributed by atoms with Gasteiger partial charge in [-0.05, 0) is 30.5 Å². The van der Waals surface area contributed by atoms with Crippen molar-refractivity contribution in [1.29, 1.82) is 0 Å². The molecule has 29 heavy (non-hydrogen) atoms. The Morgan fingerprint density at radius 1 is 1.03 bits per heavy atom. The predicted molar refractivity (Wildman–Crippen MR) is 109 cm³/mol. The maximum absolute atomic E-state index is 12.6. The number of amides is 1. The van der Waals surface area contributed by atoms with E-state index in [0.29, 0.717) is 23.5 Å². The normalized spacial score (nSPS) is 16.7. The number of nitrogens with zero attached hydrogens (tertiary/aromatic N) is 2. The van der Waals surface area contributed by atoms with Crippen molar-refractivity contribution >= 4 is 11.6 Å². The molecule has 0 radical (unpaired) electrons. The van der Waals surface area contributed by atoms with Gasteiger partial charge in [0.25, 0.3) is 11.7 Å². The monoisotopic (exact) mass is 389 g/mol. The molecule has 1 aromatic heterocycles. The molecule has 1 fully saturated rings. The zero-order valence-corrected chi connectivity index (χ0v) is 16.1. The van der Waals surface area contributed by atoms with Crippen LogP contribution in [0.25, 0.3) is 0 Å². The maximum atomic E-state index is 12.6. The van der Waals surface area contributed by atoms with Gasteiger partial charge in [0.05, 0.1) is 18.3 Å². The first-order chi connectivity index (χ1) is 14.2. The second-order valence-electron chi connectivity index (χ2n) is 7.70. The molecule has 2 aromatic carbocycles. The Balaban J connectivity index is 1.26. The number of hydrogen-bond acceptors (Lipinski definition) is 4. The molecule has 0 atom stereocenters. The summed E-state index contributed by atoms with van der Waals surface area (Å²) in [5.41, 5.74) is 2.33. The maximum Gasteiger partial charge on any atom is 0.258 e. The van der Waals surface area contributed by atoms with Crippen LogP contribution in [0.2, 0.25) is 0 Å². The van der Waals surface area contributed by atoms with Crippen molar-refractivity contribution in [1.82, 2.24) is 9.78 Å². The summed E-state index contributed by atoms with van der Waals surface area (Å²) in [6.07, 6.45) is 8.61. The lowest BCUT2D eigenvalue weighted by atomic mass is 9.94. The first-order valence-electron chi connectivity index (χ1n) is 10.1. The van der Waals surface area contributed by atoms with Crippen LogP contribution in [0.4, 0.5) is 5.69 Å². The number of carbonyl (C=O) groups excluding carboxylic acids is 1. The highest BCUT2D eigenvalue weighted by Gasteiger charge is 2.42. The van der Waals surface area contributed by atoms with Gasteiger partial charge in [0, 0.05) is 30.8 Å². The molecule has 0 unspecified atom stereocenters. The van der Waals surface area contributed by atoms with Crippen molar-refractivity contribution in [2.24, 2.45) is 0 Å². The first-order valence-corrected chi connectivity index (χ1v) is 10.1. The van der Waals surface area contributed by atoms with E-state index in [2.05, 4.69) is 10.4 Å². The molecular formula is C23H23N3O3. The number of nitrogens with one attached hydrogen (secondary N) is 1. The van der Waals surface area contributed by atoms with Crippen molar-refractivity contribution in [3.63, 3.8) is 0 Å². The summed E-state index contributed by atoms with van der Waals surface area (Å²) in [6, 6.07) is 15.6. The molecule has 3 aromatic rings. The van der Waals surface area contributed by atoms with Gasteiger partial charge < -0.3 is 14.8 Å². The van der Waals surface area contributed by atoms with Crippen LogP contribution >= 0.6 is 0 Å². The summed E-state index contributed by atoms with van der Waals surface area (Å²) in [5.74, 6) is 0.738. The number of ether oxygens (including phenoxy) is 2. The van der Waals surface area contributed by atoms with Crippen LogP contribution in [0.5, 0.6) is 11.5 Å². The third-order valence-electron chi connectivity index (χ3n) is 5.49. The van der Waals surface area contributed by atoms with E-state index in [9.17, 15) is 4.79 Å². The lowest BCUT2D eigenvalue weighted by Crippen LogP contribution is -2.40. The standard InChI is InChI=1S/C23H23N3O3/c27-22(18-14-24-26(16-18)15-17-7-3-1-4-8-17)25-19-9-10-20-21(13-19)29-23(28-20)11-5-2-6-12-23/h1,3-4,7-10,13-14,16H,2,5-6,11-12,15H2,(H,25,27). The molecule has 1 saturated carbocycles. The quantitative estimate of drug-likeness (QED) is 0.707. The summed E-state index contributed by atoms with van der Waals surface area (Å²) in [5, 5.41) is 7.23. The fourth-order valence-corrected chi connectivity index (χ4v) is 4.01. The molecule has 6 nitrogen and oxygen atoms in total. The van der Waals surface area contributed by atoms with Crippen LogP contribution in [0.15, 0.2) is 60.9 Å². The van der Waals surface area contributed by atoms with Crippen molar-refractivity contribution in [2.75, 3.05) is 5.32 Å². The fraction of sp³-hybridized carbons (Fsp3) is 0.304. The minimum absolute atomic E-state index is 0.199. The van der Waals surface area contributed by atoms with Gasteiger partial charge in [-0.2, -0.15) is 5.10 Å². The van der Waals surface area contributed by atoms with E-state index < -0.39 is 5.79 Å². The van der Waals surface area contributed by atoms with E-state index in [-0.39, 0.29) is 5.91 Å². The zero-order valence-electron chi connectivity index (χ0n) is 16.1. The Hall–Kier alpha value is -3.28. The van der Waals surface area contributed by atoms with E-state index in [1.165, 1.54) is 6.42 Å². The second kappa shape index (κ2) is 7.28. The van der Waals surface area contributed by atoms with Gasteiger partial charge in [-0.25, -0.2) is 0 Å². The van der Waals surface area contributed by atoms with Crippen LogP contribution in [-0.4, -0.2) is 21.5 Å². The van der Waals surface area contributed by atoms with Crippen LogP contribution in [0.1, 0.15) is 48.0 Å². The molecule has 0 saturated heterocycles. The molecule has 5 rings (SSSR count). The molecule has 148 valence electrons. The Morgan fingerprint density at radius 3 is 2.66 bits per heavy atom. The van der Waals surface area contributed by atoms with Crippen LogP contribution < -0.4 is 14.8 Å². The van der Waals surface area contributed by atoms with E-state index in [1.807, 2.05) is 48.5 Å². The van der Waals surface area contributed by atoms with Crippen LogP contribution in [-0.2, 0) is 6.54 Å². The number of hydrogen-bond donors (Lipinski definition) is 1. The highest BCUT2D eigenvalue weighted by molar-refractivity contribution is 6.04. The molecule has 2 aliphatic rings. The van der Waals surface area contributed by atoms with Gasteiger partial charge in [0.15, 0.2) is 11.5 Å². The lowest BCUT2D eigenvalue weighted by molar-refractivity contribution is -0.105. The zero-order chi connectivity index (χ0) is 19.7. The van der Waals surface area contributed by atoms with Crippen LogP contribution in [0.3, 0.4) is 0 Å². The molecular weight excluding hydrogens is 366 g/mol. The summed E-state index contributed by atoms with van der Waals surface area (Å²) < 4.78 is 14.0. The number of anilines is 1. The highest BCUT2D eigenvalue weighted by Crippen LogP contribution is 2.46. The molecule has 1 amide bonds. The van der Waals surface area contributed by atoms with Crippen LogP contribution in [0, 0.1) is 0 Å². The average Bonchev–Trinajstić information content (AvgIpc) is 3.33. The summed E-state index contributed by atoms with van der Waals surface area (Å²) >= 11 is 0. The smallest absolute Gasteiger partial charge is 0.258 e. The summed E-state index contributed by atoms with van der Waals surface area (Å²) in [6.45, 7) is 0.625. The Kier molecular flexibility index (Phi) is 4.46. The summed E-state index contributed by atoms with van der Waals surface area (Å²) in [7, 11) is 0. The van der Waals surface area contributed by atoms with Crippen molar-refractivity contribution in [3.05, 3.63) is 72.1 Å². The Labute approximate surface area is 169 Å². The molecule has 1 spiro atoms. The first kappa shape index (κ1) is 17.8. The molecule has 6 heteroatoms. The number of aromatic nitrogens is 2. The number of fused-ring (bicyclic) bond motifs is 1. The predicted octanol–water partition coefficient (Wildman–Crippen LogP) is 4.62. The Bertz CT molecular complexity index is 1020. The highest BCUT2D eigenvalue weighted by atomic mass is 16.7. The van der Waals surface area contributed by atoms with Gasteiger partial charge >= 0.3 is 0 Å². The molecule has 2 heterocycles. The Morgan fingerprint density at radius 2 is 1.83 bits per heavy atom. The topological polar surface area (TPSA) is 65.4 Å². The number of rotatable bonds is 4. The number of carbonyl (C=O) groups is 1. The third-order valence-corrected chi connectivity index (χ3v) is 5.49. The van der Waals surface area contributed by atoms with Gasteiger partial charge in [0.1, 0.15) is 0 Å². The third kappa shape index (κ3) is 3.70. The minimum atomic E-state index is -0.512. The van der Waals surface area contributed by atoms with Gasteiger partial charge in [-0.3, -0.25) is 9.48 Å². The largest absolute Gasteiger partial charge is 0.448 e. The van der Waals surface area contributed by atoms with Crippen molar-refractivity contribution in [3.8, 4) is 11.5 Å². The minimum Gasteiger partial charge on any atom is -0.448 e. The van der Waals surface area contributed by atoms with Crippen molar-refractivity contribution in [2.45, 2.75) is 44.4 Å². The fourth-order valence-electron chi connectivity index (χ4n) is 4.01. The second-order valence-corrected chi connectivity index (χ2v) is 7.70. The van der Waals surface area contributed by atoms with E-state index in [4.69, 9.17) is 9.47 Å². The lowest BCUT2D eigenvalue weighted by Gasteiger charge is -2.31.